The van der Waals surface area contributed by atoms with E-state index in [1.54, 1.807) is 12.1 Å². The van der Waals surface area contributed by atoms with Crippen LogP contribution < -0.4 is 10.5 Å². The number of ether oxygens (including phenoxy) is 1. The molecule has 2 N–H and O–H groups in total. The number of halogens is 1. The van der Waals surface area contributed by atoms with E-state index in [0.717, 1.165) is 18.6 Å². The first kappa shape index (κ1) is 19.6. The lowest BCUT2D eigenvalue weighted by molar-refractivity contribution is 0.103. The Hall–Kier alpha value is -1.49. The maximum Gasteiger partial charge on any atom is 0.193 e. The minimum atomic E-state index is 0. The van der Waals surface area contributed by atoms with Gasteiger partial charge in [-0.2, -0.15) is 12.6 Å². The van der Waals surface area contributed by atoms with Gasteiger partial charge < -0.3 is 10.5 Å². The summed E-state index contributed by atoms with van der Waals surface area (Å²) in [6, 6.07) is 16.6. The fourth-order valence-corrected chi connectivity index (χ4v) is 2.27. The summed E-state index contributed by atoms with van der Waals surface area (Å²) in [5.74, 6) is 1.48. The molecular formula is C18H22ClNO2S. The van der Waals surface area contributed by atoms with Crippen LogP contribution in [0, 0.1) is 0 Å². The molecule has 1 atom stereocenters. The van der Waals surface area contributed by atoms with Crippen LogP contribution in [-0.2, 0) is 0 Å². The van der Waals surface area contributed by atoms with E-state index >= 15 is 0 Å². The molecule has 3 nitrogen and oxygen atoms in total. The van der Waals surface area contributed by atoms with Crippen molar-refractivity contribution in [3.63, 3.8) is 0 Å². The van der Waals surface area contributed by atoms with Gasteiger partial charge in [-0.15, -0.1) is 12.4 Å². The molecule has 2 rings (SSSR count). The summed E-state index contributed by atoms with van der Waals surface area (Å²) in [6.07, 6.45) is 1.79. The average Bonchev–Trinajstić information content (AvgIpc) is 2.59. The van der Waals surface area contributed by atoms with Crippen molar-refractivity contribution >= 4 is 30.8 Å². The fraction of sp³-hybridized carbons (Fsp3) is 0.278. The van der Waals surface area contributed by atoms with Crippen molar-refractivity contribution in [3.8, 4) is 5.75 Å². The number of hydrogen-bond donors (Lipinski definition) is 2. The van der Waals surface area contributed by atoms with Crippen LogP contribution in [0.5, 0.6) is 5.75 Å². The molecule has 0 amide bonds. The number of carbonyl (C=O) groups excluding carboxylic acids is 1. The zero-order valence-electron chi connectivity index (χ0n) is 12.9. The van der Waals surface area contributed by atoms with Crippen LogP contribution in [-0.4, -0.2) is 24.2 Å². The van der Waals surface area contributed by atoms with Crippen molar-refractivity contribution < 1.29 is 9.53 Å². The zero-order valence-corrected chi connectivity index (χ0v) is 14.6. The van der Waals surface area contributed by atoms with Crippen molar-refractivity contribution in [1.82, 2.24) is 0 Å². The van der Waals surface area contributed by atoms with Gasteiger partial charge in [0.25, 0.3) is 0 Å². The number of carbonyl (C=O) groups is 1. The molecular weight excluding hydrogens is 330 g/mol. The predicted octanol–water partition coefficient (Wildman–Crippen LogP) is 3.76. The minimum absolute atomic E-state index is 0. The number of ketones is 1. The van der Waals surface area contributed by atoms with Gasteiger partial charge >= 0.3 is 0 Å². The molecule has 2 aromatic carbocycles. The lowest BCUT2D eigenvalue weighted by Crippen LogP contribution is -2.22. The van der Waals surface area contributed by atoms with Crippen molar-refractivity contribution in [2.75, 3.05) is 12.4 Å². The van der Waals surface area contributed by atoms with Gasteiger partial charge in [-0.3, -0.25) is 4.79 Å². The number of benzene rings is 2. The molecule has 0 aliphatic carbocycles. The first-order valence-electron chi connectivity index (χ1n) is 7.40. The van der Waals surface area contributed by atoms with Crippen LogP contribution >= 0.6 is 25.0 Å². The summed E-state index contributed by atoms with van der Waals surface area (Å²) in [5, 5.41) is 0. The lowest BCUT2D eigenvalue weighted by Gasteiger charge is -2.09. The Kier molecular flexibility index (Phi) is 8.77. The van der Waals surface area contributed by atoms with Crippen molar-refractivity contribution in [2.45, 2.75) is 18.9 Å². The van der Waals surface area contributed by atoms with Crippen LogP contribution in [0.2, 0.25) is 0 Å². The van der Waals surface area contributed by atoms with Gasteiger partial charge in [0.2, 0.25) is 0 Å². The standard InChI is InChI=1S/C18H21NO2S.ClH/c19-16(13-22)7-4-12-21-17-10-8-15(9-11-17)18(20)14-5-2-1-3-6-14;/h1-3,5-6,8-11,16,22H,4,7,12-13,19H2;1H. The normalized spacial score (nSPS) is 11.4. The number of nitrogens with two attached hydrogens (primary N) is 1. The predicted molar refractivity (Wildman–Crippen MR) is 100 cm³/mol. The number of thiol groups is 1. The maximum atomic E-state index is 12.3. The molecule has 0 heterocycles. The Morgan fingerprint density at radius 2 is 1.65 bits per heavy atom. The monoisotopic (exact) mass is 351 g/mol. The van der Waals surface area contributed by atoms with E-state index in [4.69, 9.17) is 10.5 Å². The van der Waals surface area contributed by atoms with Gasteiger partial charge in [-0.25, -0.2) is 0 Å². The van der Waals surface area contributed by atoms with Crippen molar-refractivity contribution in [2.24, 2.45) is 5.73 Å². The first-order valence-corrected chi connectivity index (χ1v) is 8.03. The third-order valence-corrected chi connectivity index (χ3v) is 3.84. The Morgan fingerprint density at radius 1 is 1.04 bits per heavy atom. The third-order valence-electron chi connectivity index (χ3n) is 3.37. The molecule has 23 heavy (non-hydrogen) atoms. The molecule has 0 saturated heterocycles. The number of hydrogen-bond acceptors (Lipinski definition) is 4. The molecule has 0 radical (unpaired) electrons. The van der Waals surface area contributed by atoms with E-state index in [1.165, 1.54) is 0 Å². The summed E-state index contributed by atoms with van der Waals surface area (Å²) in [5.41, 5.74) is 7.15. The molecule has 0 aliphatic heterocycles. The maximum absolute atomic E-state index is 12.3. The highest BCUT2D eigenvalue weighted by atomic mass is 35.5. The second-order valence-electron chi connectivity index (χ2n) is 5.15. The molecule has 124 valence electrons. The Bertz CT molecular complexity index is 590. The van der Waals surface area contributed by atoms with Gasteiger partial charge in [0, 0.05) is 22.9 Å². The summed E-state index contributed by atoms with van der Waals surface area (Å²) in [7, 11) is 0. The lowest BCUT2D eigenvalue weighted by atomic mass is 10.0. The fourth-order valence-electron chi connectivity index (χ4n) is 2.09. The van der Waals surface area contributed by atoms with E-state index in [1.807, 2.05) is 42.5 Å². The summed E-state index contributed by atoms with van der Waals surface area (Å²) in [6.45, 7) is 0.619. The highest BCUT2D eigenvalue weighted by Crippen LogP contribution is 2.16. The third kappa shape index (κ3) is 6.26. The topological polar surface area (TPSA) is 52.3 Å². The van der Waals surface area contributed by atoms with Gasteiger partial charge in [-0.1, -0.05) is 30.3 Å². The molecule has 1 unspecified atom stereocenters. The summed E-state index contributed by atoms with van der Waals surface area (Å²) >= 11 is 4.15. The van der Waals surface area contributed by atoms with E-state index in [0.29, 0.717) is 23.5 Å². The molecule has 5 heteroatoms. The molecule has 0 bridgehead atoms. The quantitative estimate of drug-likeness (QED) is 0.432. The number of rotatable bonds is 8. The minimum Gasteiger partial charge on any atom is -0.494 e. The summed E-state index contributed by atoms with van der Waals surface area (Å²) < 4.78 is 5.65. The second kappa shape index (κ2) is 10.3. The van der Waals surface area contributed by atoms with E-state index < -0.39 is 0 Å². The van der Waals surface area contributed by atoms with E-state index in [-0.39, 0.29) is 24.2 Å². The summed E-state index contributed by atoms with van der Waals surface area (Å²) in [4.78, 5) is 12.3. The van der Waals surface area contributed by atoms with Crippen LogP contribution in [0.3, 0.4) is 0 Å². The van der Waals surface area contributed by atoms with Crippen LogP contribution in [0.1, 0.15) is 28.8 Å². The SMILES string of the molecule is Cl.NC(CS)CCCOc1ccc(C(=O)c2ccccc2)cc1. The van der Waals surface area contributed by atoms with Gasteiger partial charge in [0.15, 0.2) is 5.78 Å². The molecule has 2 aromatic rings. The smallest absolute Gasteiger partial charge is 0.193 e. The van der Waals surface area contributed by atoms with Crippen LogP contribution in [0.15, 0.2) is 54.6 Å². The van der Waals surface area contributed by atoms with Crippen molar-refractivity contribution in [1.29, 1.82) is 0 Å². The van der Waals surface area contributed by atoms with E-state index in [9.17, 15) is 4.79 Å². The molecule has 0 aromatic heterocycles. The van der Waals surface area contributed by atoms with Gasteiger partial charge in [-0.05, 0) is 37.1 Å². The highest BCUT2D eigenvalue weighted by Gasteiger charge is 2.08. The van der Waals surface area contributed by atoms with Gasteiger partial charge in [0.05, 0.1) is 6.61 Å². The Morgan fingerprint density at radius 3 is 2.26 bits per heavy atom. The molecule has 0 spiro atoms. The Balaban J connectivity index is 0.00000264. The molecule has 0 fully saturated rings. The second-order valence-corrected chi connectivity index (χ2v) is 5.52. The van der Waals surface area contributed by atoms with Gasteiger partial charge in [0.1, 0.15) is 5.75 Å². The van der Waals surface area contributed by atoms with E-state index in [2.05, 4.69) is 12.6 Å². The average molecular weight is 352 g/mol. The first-order chi connectivity index (χ1) is 10.7. The highest BCUT2D eigenvalue weighted by molar-refractivity contribution is 7.80. The largest absolute Gasteiger partial charge is 0.494 e. The van der Waals surface area contributed by atoms with Crippen molar-refractivity contribution in [3.05, 3.63) is 65.7 Å². The van der Waals surface area contributed by atoms with Crippen LogP contribution in [0.4, 0.5) is 0 Å². The Labute approximate surface area is 149 Å². The zero-order chi connectivity index (χ0) is 15.8. The van der Waals surface area contributed by atoms with Crippen LogP contribution in [0.25, 0.3) is 0 Å². The molecule has 0 aliphatic rings. The molecule has 0 saturated carbocycles.